The van der Waals surface area contributed by atoms with Crippen LogP contribution in [0.15, 0.2) is 36.7 Å². The molecule has 0 saturated heterocycles. The van der Waals surface area contributed by atoms with Crippen LogP contribution >= 0.6 is 11.6 Å². The minimum absolute atomic E-state index is 0.194. The van der Waals surface area contributed by atoms with E-state index in [2.05, 4.69) is 30.2 Å². The van der Waals surface area contributed by atoms with Crippen LogP contribution in [-0.4, -0.2) is 9.55 Å². The topological polar surface area (TPSA) is 29.9 Å². The zero-order valence-corrected chi connectivity index (χ0v) is 11.6. The molecule has 18 heavy (non-hydrogen) atoms. The second kappa shape index (κ2) is 5.55. The van der Waals surface area contributed by atoms with E-state index in [1.165, 1.54) is 5.56 Å². The summed E-state index contributed by atoms with van der Waals surface area (Å²) in [6.45, 7) is 4.24. The van der Waals surface area contributed by atoms with Crippen molar-refractivity contribution in [2.24, 2.45) is 7.05 Å². The van der Waals surface area contributed by atoms with Gasteiger partial charge < -0.3 is 9.88 Å². The van der Waals surface area contributed by atoms with Crippen molar-refractivity contribution in [3.8, 4) is 0 Å². The highest BCUT2D eigenvalue weighted by atomic mass is 35.5. The Morgan fingerprint density at radius 1 is 1.28 bits per heavy atom. The molecular weight excluding hydrogens is 246 g/mol. The number of nitrogens with one attached hydrogen (secondary N) is 1. The molecule has 2 rings (SSSR count). The summed E-state index contributed by atoms with van der Waals surface area (Å²) in [7, 11) is 2.00. The lowest BCUT2D eigenvalue weighted by Crippen LogP contribution is -2.24. The highest BCUT2D eigenvalue weighted by Gasteiger charge is 2.14. The van der Waals surface area contributed by atoms with Gasteiger partial charge in [0.05, 0.1) is 6.04 Å². The molecule has 0 bridgehead atoms. The SMILES string of the molecule is CC(N[C@@H](C)c1cccc(Cl)c1)c1nccn1C. The number of imidazole rings is 1. The van der Waals surface area contributed by atoms with Gasteiger partial charge in [0, 0.05) is 30.5 Å². The summed E-state index contributed by atoms with van der Waals surface area (Å²) in [5, 5.41) is 4.29. The van der Waals surface area contributed by atoms with Gasteiger partial charge in [0.15, 0.2) is 0 Å². The Morgan fingerprint density at radius 3 is 2.67 bits per heavy atom. The first-order valence-electron chi connectivity index (χ1n) is 6.06. The van der Waals surface area contributed by atoms with Gasteiger partial charge in [-0.3, -0.25) is 0 Å². The lowest BCUT2D eigenvalue weighted by atomic mass is 10.1. The third-order valence-corrected chi connectivity index (χ3v) is 3.33. The molecule has 0 spiro atoms. The summed E-state index contributed by atoms with van der Waals surface area (Å²) >= 11 is 6.01. The van der Waals surface area contributed by atoms with Crippen molar-refractivity contribution in [1.29, 1.82) is 0 Å². The van der Waals surface area contributed by atoms with Gasteiger partial charge in [-0.25, -0.2) is 4.98 Å². The molecule has 4 heteroatoms. The van der Waals surface area contributed by atoms with Crippen LogP contribution in [-0.2, 0) is 7.05 Å². The molecule has 0 fully saturated rings. The second-order valence-corrected chi connectivity index (χ2v) is 5.00. The predicted molar refractivity (Wildman–Crippen MR) is 74.6 cm³/mol. The van der Waals surface area contributed by atoms with Crippen molar-refractivity contribution < 1.29 is 0 Å². The van der Waals surface area contributed by atoms with Crippen LogP contribution < -0.4 is 5.32 Å². The zero-order chi connectivity index (χ0) is 13.1. The summed E-state index contributed by atoms with van der Waals surface area (Å²) < 4.78 is 2.03. The third-order valence-electron chi connectivity index (χ3n) is 3.09. The van der Waals surface area contributed by atoms with E-state index in [0.717, 1.165) is 10.8 Å². The molecule has 0 aliphatic carbocycles. The first kappa shape index (κ1) is 13.1. The average molecular weight is 264 g/mol. The second-order valence-electron chi connectivity index (χ2n) is 4.56. The maximum atomic E-state index is 6.01. The number of halogens is 1. The maximum Gasteiger partial charge on any atom is 0.125 e. The van der Waals surface area contributed by atoms with Crippen LogP contribution in [0, 0.1) is 0 Å². The van der Waals surface area contributed by atoms with E-state index in [0.29, 0.717) is 0 Å². The predicted octanol–water partition coefficient (Wildman–Crippen LogP) is 3.49. The Morgan fingerprint density at radius 2 is 2.06 bits per heavy atom. The third kappa shape index (κ3) is 2.92. The van der Waals surface area contributed by atoms with Crippen LogP contribution in [0.5, 0.6) is 0 Å². The van der Waals surface area contributed by atoms with Gasteiger partial charge in [-0.1, -0.05) is 23.7 Å². The molecule has 2 atom stereocenters. The van der Waals surface area contributed by atoms with Crippen LogP contribution in [0.1, 0.15) is 37.3 Å². The van der Waals surface area contributed by atoms with Crippen LogP contribution in [0.25, 0.3) is 0 Å². The first-order valence-corrected chi connectivity index (χ1v) is 6.44. The van der Waals surface area contributed by atoms with E-state index in [9.17, 15) is 0 Å². The zero-order valence-electron chi connectivity index (χ0n) is 10.9. The number of hydrogen-bond acceptors (Lipinski definition) is 2. The fraction of sp³-hybridized carbons (Fsp3) is 0.357. The van der Waals surface area contributed by atoms with Crippen LogP contribution in [0.3, 0.4) is 0 Å². The van der Waals surface area contributed by atoms with Gasteiger partial charge in [-0.15, -0.1) is 0 Å². The van der Waals surface area contributed by atoms with Gasteiger partial charge in [-0.05, 0) is 31.5 Å². The maximum absolute atomic E-state index is 6.01. The molecule has 1 aromatic heterocycles. The van der Waals surface area contributed by atoms with Crippen molar-refractivity contribution in [1.82, 2.24) is 14.9 Å². The fourth-order valence-corrected chi connectivity index (χ4v) is 2.31. The summed E-state index contributed by atoms with van der Waals surface area (Å²) in [6, 6.07) is 8.36. The molecule has 1 unspecified atom stereocenters. The van der Waals surface area contributed by atoms with E-state index in [4.69, 9.17) is 11.6 Å². The molecule has 1 N–H and O–H groups in total. The Kier molecular flexibility index (Phi) is 4.04. The van der Waals surface area contributed by atoms with Gasteiger partial charge in [-0.2, -0.15) is 0 Å². The lowest BCUT2D eigenvalue weighted by Gasteiger charge is -2.20. The highest BCUT2D eigenvalue weighted by molar-refractivity contribution is 6.30. The summed E-state index contributed by atoms with van der Waals surface area (Å²) in [4.78, 5) is 4.35. The monoisotopic (exact) mass is 263 g/mol. The molecule has 0 radical (unpaired) electrons. The van der Waals surface area contributed by atoms with E-state index < -0.39 is 0 Å². The van der Waals surface area contributed by atoms with E-state index in [-0.39, 0.29) is 12.1 Å². The van der Waals surface area contributed by atoms with Gasteiger partial charge in [0.2, 0.25) is 0 Å². The largest absolute Gasteiger partial charge is 0.337 e. The smallest absolute Gasteiger partial charge is 0.125 e. The molecule has 96 valence electrons. The number of hydrogen-bond donors (Lipinski definition) is 1. The van der Waals surface area contributed by atoms with Crippen molar-refractivity contribution in [3.05, 3.63) is 53.1 Å². The normalized spacial score (nSPS) is 14.4. The summed E-state index contributed by atoms with van der Waals surface area (Å²) in [5.74, 6) is 1.03. The van der Waals surface area contributed by atoms with Crippen molar-refractivity contribution in [3.63, 3.8) is 0 Å². The average Bonchev–Trinajstić information content (AvgIpc) is 2.75. The Hall–Kier alpha value is -1.32. The number of aryl methyl sites for hydroxylation is 1. The Bertz CT molecular complexity index is 521. The summed E-state index contributed by atoms with van der Waals surface area (Å²) in [5.41, 5.74) is 1.18. The van der Waals surface area contributed by atoms with Crippen molar-refractivity contribution >= 4 is 11.6 Å². The number of rotatable bonds is 4. The van der Waals surface area contributed by atoms with E-state index in [1.54, 1.807) is 0 Å². The van der Waals surface area contributed by atoms with E-state index in [1.807, 2.05) is 42.2 Å². The molecule has 1 aromatic carbocycles. The number of aromatic nitrogens is 2. The standard InChI is InChI=1S/C14H18ClN3/c1-10(12-5-4-6-13(15)9-12)17-11(2)14-16-7-8-18(14)3/h4-11,17H,1-3H3/t10-,11?/m0/s1. The molecular formula is C14H18ClN3. The molecule has 0 amide bonds. The molecule has 0 aliphatic rings. The number of nitrogens with zero attached hydrogens (tertiary/aromatic N) is 2. The summed E-state index contributed by atoms with van der Waals surface area (Å²) in [6.07, 6.45) is 3.77. The molecule has 1 heterocycles. The number of benzene rings is 1. The lowest BCUT2D eigenvalue weighted by molar-refractivity contribution is 0.467. The van der Waals surface area contributed by atoms with Gasteiger partial charge >= 0.3 is 0 Å². The Balaban J connectivity index is 2.08. The molecule has 0 saturated carbocycles. The minimum Gasteiger partial charge on any atom is -0.337 e. The van der Waals surface area contributed by atoms with Crippen LogP contribution in [0.2, 0.25) is 5.02 Å². The van der Waals surface area contributed by atoms with Gasteiger partial charge in [0.1, 0.15) is 5.82 Å². The van der Waals surface area contributed by atoms with Crippen molar-refractivity contribution in [2.75, 3.05) is 0 Å². The van der Waals surface area contributed by atoms with Crippen molar-refractivity contribution in [2.45, 2.75) is 25.9 Å². The highest BCUT2D eigenvalue weighted by Crippen LogP contribution is 2.20. The minimum atomic E-state index is 0.194. The molecule has 3 nitrogen and oxygen atoms in total. The first-order chi connectivity index (χ1) is 8.58. The quantitative estimate of drug-likeness (QED) is 0.915. The fourth-order valence-electron chi connectivity index (χ4n) is 2.12. The van der Waals surface area contributed by atoms with E-state index >= 15 is 0 Å². The van der Waals surface area contributed by atoms with Crippen LogP contribution in [0.4, 0.5) is 0 Å². The van der Waals surface area contributed by atoms with Gasteiger partial charge in [0.25, 0.3) is 0 Å². The Labute approximate surface area is 113 Å². The molecule has 2 aromatic rings. The molecule has 0 aliphatic heterocycles.